The van der Waals surface area contributed by atoms with Gasteiger partial charge >= 0.3 is 0 Å². The summed E-state index contributed by atoms with van der Waals surface area (Å²) in [6.45, 7) is 5.49. The zero-order valence-corrected chi connectivity index (χ0v) is 15.1. The van der Waals surface area contributed by atoms with Gasteiger partial charge in [0, 0.05) is 39.0 Å². The Morgan fingerprint density at radius 3 is 3.04 bits per heavy atom. The molecule has 0 spiro atoms. The normalized spacial score (nSPS) is 19.4. The van der Waals surface area contributed by atoms with Gasteiger partial charge in [-0.15, -0.1) is 0 Å². The fraction of sp³-hybridized carbons (Fsp3) is 0.579. The average Bonchev–Trinajstić information content (AvgIpc) is 2.69. The zero-order chi connectivity index (χ0) is 18.4. The molecule has 0 bridgehead atoms. The molecule has 7 nitrogen and oxygen atoms in total. The molecule has 1 aromatic heterocycles. The fourth-order valence-electron chi connectivity index (χ4n) is 3.63. The Bertz CT molecular complexity index is 706. The molecule has 26 heavy (non-hydrogen) atoms. The molecule has 0 aromatic carbocycles. The molecule has 3 rings (SSSR count). The van der Waals surface area contributed by atoms with E-state index in [2.05, 4.69) is 28.3 Å². The number of aromatic nitrogens is 2. The number of ether oxygens (including phenoxy) is 1. The highest BCUT2D eigenvalue weighted by molar-refractivity contribution is 5.80. The van der Waals surface area contributed by atoms with Gasteiger partial charge in [0.2, 0.25) is 11.7 Å². The van der Waals surface area contributed by atoms with Crippen molar-refractivity contribution in [3.05, 3.63) is 29.7 Å². The van der Waals surface area contributed by atoms with E-state index in [1.54, 1.807) is 12.3 Å². The molecule has 138 valence electrons. The minimum Gasteiger partial charge on any atom is -0.381 e. The van der Waals surface area contributed by atoms with Gasteiger partial charge in [-0.05, 0) is 38.2 Å². The Labute approximate surface area is 154 Å². The molecule has 1 atom stereocenters. The first kappa shape index (κ1) is 18.3. The molecular weight excluding hydrogens is 330 g/mol. The number of hydrogen-bond donors (Lipinski definition) is 1. The maximum Gasteiger partial charge on any atom is 0.234 e. The summed E-state index contributed by atoms with van der Waals surface area (Å²) in [5.74, 6) is 1.08. The molecule has 3 heterocycles. The van der Waals surface area contributed by atoms with Gasteiger partial charge in [-0.3, -0.25) is 4.79 Å². The van der Waals surface area contributed by atoms with Crippen molar-refractivity contribution in [3.8, 4) is 6.07 Å². The molecule has 1 amide bonds. The summed E-state index contributed by atoms with van der Waals surface area (Å²) in [4.78, 5) is 23.2. The monoisotopic (exact) mass is 355 g/mol. The smallest absolute Gasteiger partial charge is 0.234 e. The van der Waals surface area contributed by atoms with E-state index in [0.29, 0.717) is 38.0 Å². The number of nitriles is 1. The second kappa shape index (κ2) is 8.77. The molecule has 2 aliphatic heterocycles. The number of carbonyl (C=O) groups is 1. The predicted molar refractivity (Wildman–Crippen MR) is 97.2 cm³/mol. The SMILES string of the molecule is CC1=CCCN(C(=O)C(CNc2ccnc(C#N)n2)C2CCOCC2)C1. The molecule has 1 saturated heterocycles. The highest BCUT2D eigenvalue weighted by Crippen LogP contribution is 2.27. The first-order chi connectivity index (χ1) is 12.7. The summed E-state index contributed by atoms with van der Waals surface area (Å²) in [6.07, 6.45) is 6.47. The first-order valence-electron chi connectivity index (χ1n) is 9.16. The van der Waals surface area contributed by atoms with E-state index in [1.807, 2.05) is 11.0 Å². The molecule has 0 radical (unpaired) electrons. The minimum atomic E-state index is -0.120. The summed E-state index contributed by atoms with van der Waals surface area (Å²) >= 11 is 0. The van der Waals surface area contributed by atoms with E-state index >= 15 is 0 Å². The third-order valence-electron chi connectivity index (χ3n) is 5.05. The highest BCUT2D eigenvalue weighted by Gasteiger charge is 2.33. The Kier molecular flexibility index (Phi) is 6.18. The molecule has 1 fully saturated rings. The van der Waals surface area contributed by atoms with Crippen LogP contribution in [0.25, 0.3) is 0 Å². The minimum absolute atomic E-state index is 0.120. The van der Waals surface area contributed by atoms with E-state index in [0.717, 1.165) is 25.8 Å². The first-order valence-corrected chi connectivity index (χ1v) is 9.16. The molecule has 1 aromatic rings. The standard InChI is InChI=1S/C19H25N5O2/c1-14-3-2-8-24(13-14)19(25)16(15-5-9-26-10-6-15)12-22-17-4-7-21-18(11-20)23-17/h3-4,7,15-16H,2,5-6,8-10,12-13H2,1H3,(H,21,22,23). The van der Waals surface area contributed by atoms with Crippen LogP contribution in [0.15, 0.2) is 23.9 Å². The summed E-state index contributed by atoms with van der Waals surface area (Å²) in [5, 5.41) is 12.2. The van der Waals surface area contributed by atoms with Crippen LogP contribution in [0.4, 0.5) is 5.82 Å². The van der Waals surface area contributed by atoms with Crippen LogP contribution in [0.3, 0.4) is 0 Å². The topological polar surface area (TPSA) is 91.1 Å². The van der Waals surface area contributed by atoms with Crippen molar-refractivity contribution in [1.29, 1.82) is 5.26 Å². The van der Waals surface area contributed by atoms with E-state index in [4.69, 9.17) is 10.00 Å². The Morgan fingerprint density at radius 1 is 1.50 bits per heavy atom. The second-order valence-electron chi connectivity index (χ2n) is 6.91. The van der Waals surface area contributed by atoms with E-state index < -0.39 is 0 Å². The number of amides is 1. The summed E-state index contributed by atoms with van der Waals surface area (Å²) in [7, 11) is 0. The van der Waals surface area contributed by atoms with Gasteiger partial charge in [0.1, 0.15) is 11.9 Å². The number of anilines is 1. The molecular formula is C19H25N5O2. The Hall–Kier alpha value is -2.46. The van der Waals surface area contributed by atoms with Crippen molar-refractivity contribution < 1.29 is 9.53 Å². The molecule has 0 saturated carbocycles. The largest absolute Gasteiger partial charge is 0.381 e. The van der Waals surface area contributed by atoms with E-state index in [9.17, 15) is 4.79 Å². The van der Waals surface area contributed by atoms with Crippen LogP contribution in [0.1, 0.15) is 32.0 Å². The fourth-order valence-corrected chi connectivity index (χ4v) is 3.63. The van der Waals surface area contributed by atoms with Crippen LogP contribution < -0.4 is 5.32 Å². The van der Waals surface area contributed by atoms with Crippen molar-refractivity contribution in [2.45, 2.75) is 26.2 Å². The van der Waals surface area contributed by atoms with E-state index in [-0.39, 0.29) is 17.6 Å². The number of nitrogens with one attached hydrogen (secondary N) is 1. The zero-order valence-electron chi connectivity index (χ0n) is 15.1. The Balaban J connectivity index is 1.71. The quantitative estimate of drug-likeness (QED) is 0.812. The van der Waals surface area contributed by atoms with Gasteiger partial charge < -0.3 is 15.0 Å². The van der Waals surface area contributed by atoms with Gasteiger partial charge in [-0.25, -0.2) is 9.97 Å². The van der Waals surface area contributed by atoms with Crippen molar-refractivity contribution in [2.75, 3.05) is 38.2 Å². The van der Waals surface area contributed by atoms with Gasteiger partial charge in [0.05, 0.1) is 5.92 Å². The number of nitrogens with zero attached hydrogens (tertiary/aromatic N) is 4. The molecule has 1 N–H and O–H groups in total. The van der Waals surface area contributed by atoms with Crippen molar-refractivity contribution in [3.63, 3.8) is 0 Å². The highest BCUT2D eigenvalue weighted by atomic mass is 16.5. The molecule has 0 aliphatic carbocycles. The lowest BCUT2D eigenvalue weighted by atomic mass is 9.84. The van der Waals surface area contributed by atoms with E-state index in [1.165, 1.54) is 5.57 Å². The van der Waals surface area contributed by atoms with Crippen molar-refractivity contribution in [1.82, 2.24) is 14.9 Å². The van der Waals surface area contributed by atoms with Crippen LogP contribution in [-0.4, -0.2) is 53.6 Å². The lowest BCUT2D eigenvalue weighted by Crippen LogP contribution is -2.45. The van der Waals surface area contributed by atoms with Crippen LogP contribution in [0.2, 0.25) is 0 Å². The molecule has 7 heteroatoms. The van der Waals surface area contributed by atoms with Crippen LogP contribution in [0.5, 0.6) is 0 Å². The Morgan fingerprint density at radius 2 is 2.31 bits per heavy atom. The maximum absolute atomic E-state index is 13.2. The molecule has 1 unspecified atom stereocenters. The predicted octanol–water partition coefficient (Wildman–Crippen LogP) is 1.98. The summed E-state index contributed by atoms with van der Waals surface area (Å²) in [6, 6.07) is 3.66. The molecule has 2 aliphatic rings. The summed E-state index contributed by atoms with van der Waals surface area (Å²) in [5.41, 5.74) is 1.25. The van der Waals surface area contributed by atoms with Gasteiger partial charge in [0.25, 0.3) is 0 Å². The number of hydrogen-bond acceptors (Lipinski definition) is 6. The third-order valence-corrected chi connectivity index (χ3v) is 5.05. The lowest BCUT2D eigenvalue weighted by Gasteiger charge is -2.35. The summed E-state index contributed by atoms with van der Waals surface area (Å²) < 4.78 is 5.47. The third kappa shape index (κ3) is 4.58. The van der Waals surface area contributed by atoms with Crippen molar-refractivity contribution >= 4 is 11.7 Å². The van der Waals surface area contributed by atoms with Crippen LogP contribution in [-0.2, 0) is 9.53 Å². The van der Waals surface area contributed by atoms with Crippen molar-refractivity contribution in [2.24, 2.45) is 11.8 Å². The van der Waals surface area contributed by atoms with Crippen LogP contribution in [0, 0.1) is 23.2 Å². The maximum atomic E-state index is 13.2. The second-order valence-corrected chi connectivity index (χ2v) is 6.91. The average molecular weight is 355 g/mol. The van der Waals surface area contributed by atoms with Gasteiger partial charge in [-0.1, -0.05) is 11.6 Å². The lowest BCUT2D eigenvalue weighted by molar-refractivity contribution is -0.137. The van der Waals surface area contributed by atoms with Crippen LogP contribution >= 0.6 is 0 Å². The van der Waals surface area contributed by atoms with Gasteiger partial charge in [0.15, 0.2) is 0 Å². The van der Waals surface area contributed by atoms with Gasteiger partial charge in [-0.2, -0.15) is 5.26 Å². The number of carbonyl (C=O) groups excluding carboxylic acids is 1. The number of rotatable bonds is 5.